The standard InChI is InChI=1S/C21H28FN5O2/c1-3-13(2)19(24)21(29)27-17(10-14-5-4-6-16(22)9-14)20(28)26-12-15-7-8-18(23)25-11-15/h4-9,11,13,17,19H,3,10,12,24H2,1-2H3,(H2,23,25)(H,26,28)(H,27,29)/t13?,17-,19+/m0/s1. The molecule has 1 aromatic heterocycles. The van der Waals surface area contributed by atoms with Gasteiger partial charge < -0.3 is 22.1 Å². The van der Waals surface area contributed by atoms with Crippen LogP contribution in [-0.2, 0) is 22.6 Å². The molecule has 0 saturated carbocycles. The third kappa shape index (κ3) is 6.83. The lowest BCUT2D eigenvalue weighted by Crippen LogP contribution is -2.53. The number of aromatic nitrogens is 1. The number of benzene rings is 1. The maximum absolute atomic E-state index is 13.5. The Labute approximate surface area is 170 Å². The van der Waals surface area contributed by atoms with Gasteiger partial charge in [-0.2, -0.15) is 0 Å². The lowest BCUT2D eigenvalue weighted by molar-refractivity contribution is -0.130. The molecule has 2 amide bonds. The van der Waals surface area contributed by atoms with Crippen molar-refractivity contribution in [3.05, 3.63) is 59.5 Å². The first kappa shape index (κ1) is 22.3. The number of carbonyl (C=O) groups is 2. The first-order chi connectivity index (χ1) is 13.8. The number of rotatable bonds is 9. The van der Waals surface area contributed by atoms with Gasteiger partial charge >= 0.3 is 0 Å². The van der Waals surface area contributed by atoms with Crippen LogP contribution in [0.3, 0.4) is 0 Å². The summed E-state index contributed by atoms with van der Waals surface area (Å²) < 4.78 is 13.5. The zero-order valence-electron chi connectivity index (χ0n) is 16.7. The predicted octanol–water partition coefficient (Wildman–Crippen LogP) is 1.52. The Hall–Kier alpha value is -3.00. The SMILES string of the molecule is CCC(C)[C@@H](N)C(=O)N[C@@H](Cc1cccc(F)c1)C(=O)NCc1ccc(N)nc1. The molecule has 0 fully saturated rings. The van der Waals surface area contributed by atoms with E-state index in [1.165, 1.54) is 12.1 Å². The molecule has 0 saturated heterocycles. The quantitative estimate of drug-likeness (QED) is 0.507. The van der Waals surface area contributed by atoms with Crippen LogP contribution >= 0.6 is 0 Å². The van der Waals surface area contributed by atoms with Gasteiger partial charge in [0.15, 0.2) is 0 Å². The molecule has 1 aromatic carbocycles. The van der Waals surface area contributed by atoms with Crippen LogP contribution in [0.15, 0.2) is 42.6 Å². The molecule has 29 heavy (non-hydrogen) atoms. The minimum atomic E-state index is -0.888. The summed E-state index contributed by atoms with van der Waals surface area (Å²) in [5, 5.41) is 5.48. The zero-order chi connectivity index (χ0) is 21.4. The highest BCUT2D eigenvalue weighted by molar-refractivity contribution is 5.90. The molecule has 0 bridgehead atoms. The molecular formula is C21H28FN5O2. The molecule has 3 atom stereocenters. The van der Waals surface area contributed by atoms with E-state index in [2.05, 4.69) is 15.6 Å². The van der Waals surface area contributed by atoms with Crippen molar-refractivity contribution in [2.75, 3.05) is 5.73 Å². The molecule has 0 aliphatic rings. The van der Waals surface area contributed by atoms with E-state index in [-0.39, 0.29) is 18.9 Å². The number of hydrogen-bond donors (Lipinski definition) is 4. The summed E-state index contributed by atoms with van der Waals surface area (Å²) >= 11 is 0. The first-order valence-electron chi connectivity index (χ1n) is 9.58. The van der Waals surface area contributed by atoms with Crippen molar-refractivity contribution in [1.82, 2.24) is 15.6 Å². The van der Waals surface area contributed by atoms with E-state index in [0.717, 1.165) is 12.0 Å². The minimum absolute atomic E-state index is 0.0336. The van der Waals surface area contributed by atoms with Gasteiger partial charge in [-0.05, 0) is 35.2 Å². The Bertz CT molecular complexity index is 828. The van der Waals surface area contributed by atoms with E-state index in [1.807, 2.05) is 13.8 Å². The Morgan fingerprint density at radius 2 is 1.93 bits per heavy atom. The molecule has 156 valence electrons. The summed E-state index contributed by atoms with van der Waals surface area (Å²) in [6.07, 6.45) is 2.44. The van der Waals surface area contributed by atoms with E-state index in [4.69, 9.17) is 11.5 Å². The number of carbonyl (C=O) groups excluding carboxylic acids is 2. The monoisotopic (exact) mass is 401 g/mol. The summed E-state index contributed by atoms with van der Waals surface area (Å²) in [6.45, 7) is 4.04. The average Bonchev–Trinajstić information content (AvgIpc) is 2.71. The van der Waals surface area contributed by atoms with Gasteiger partial charge in [-0.1, -0.05) is 38.5 Å². The van der Waals surface area contributed by atoms with Gasteiger partial charge in [0.1, 0.15) is 17.7 Å². The summed E-state index contributed by atoms with van der Waals surface area (Å²) in [6, 6.07) is 7.70. The van der Waals surface area contributed by atoms with Crippen LogP contribution in [0.4, 0.5) is 10.2 Å². The molecule has 7 nitrogen and oxygen atoms in total. The van der Waals surface area contributed by atoms with E-state index < -0.39 is 29.7 Å². The number of nitrogens with zero attached hydrogens (tertiary/aromatic N) is 1. The second-order valence-electron chi connectivity index (χ2n) is 7.12. The number of pyridine rings is 1. The van der Waals surface area contributed by atoms with Crippen molar-refractivity contribution in [1.29, 1.82) is 0 Å². The fraction of sp³-hybridized carbons (Fsp3) is 0.381. The van der Waals surface area contributed by atoms with Gasteiger partial charge in [-0.3, -0.25) is 9.59 Å². The van der Waals surface area contributed by atoms with Gasteiger partial charge in [-0.25, -0.2) is 9.37 Å². The molecule has 2 aromatic rings. The normalized spacial score (nSPS) is 13.9. The fourth-order valence-electron chi connectivity index (χ4n) is 2.74. The van der Waals surface area contributed by atoms with E-state index in [0.29, 0.717) is 11.4 Å². The number of halogens is 1. The van der Waals surface area contributed by atoms with Crippen LogP contribution in [0.5, 0.6) is 0 Å². The lowest BCUT2D eigenvalue weighted by atomic mass is 9.98. The van der Waals surface area contributed by atoms with Gasteiger partial charge in [0.05, 0.1) is 6.04 Å². The fourth-order valence-corrected chi connectivity index (χ4v) is 2.74. The molecule has 1 unspecified atom stereocenters. The Balaban J connectivity index is 2.10. The summed E-state index contributed by atoms with van der Waals surface area (Å²) in [7, 11) is 0. The van der Waals surface area contributed by atoms with Crippen molar-refractivity contribution in [2.45, 2.75) is 45.3 Å². The van der Waals surface area contributed by atoms with Crippen molar-refractivity contribution >= 4 is 17.6 Å². The van der Waals surface area contributed by atoms with Crippen molar-refractivity contribution in [3.63, 3.8) is 0 Å². The second-order valence-corrected chi connectivity index (χ2v) is 7.12. The third-order valence-corrected chi connectivity index (χ3v) is 4.84. The highest BCUT2D eigenvalue weighted by Gasteiger charge is 2.26. The summed E-state index contributed by atoms with van der Waals surface area (Å²) in [5.41, 5.74) is 12.9. The molecule has 2 rings (SSSR count). The van der Waals surface area contributed by atoms with Crippen LogP contribution in [0.2, 0.25) is 0 Å². The highest BCUT2D eigenvalue weighted by atomic mass is 19.1. The molecule has 0 spiro atoms. The van der Waals surface area contributed by atoms with Crippen LogP contribution in [0, 0.1) is 11.7 Å². The minimum Gasteiger partial charge on any atom is -0.384 e. The van der Waals surface area contributed by atoms with Gasteiger partial charge in [0.25, 0.3) is 0 Å². The summed E-state index contributed by atoms with van der Waals surface area (Å²) in [5.74, 6) is -0.859. The highest BCUT2D eigenvalue weighted by Crippen LogP contribution is 2.10. The van der Waals surface area contributed by atoms with E-state index >= 15 is 0 Å². The molecule has 0 aliphatic heterocycles. The van der Waals surface area contributed by atoms with E-state index in [9.17, 15) is 14.0 Å². The van der Waals surface area contributed by atoms with Gasteiger partial charge in [-0.15, -0.1) is 0 Å². The predicted molar refractivity (Wildman–Crippen MR) is 110 cm³/mol. The topological polar surface area (TPSA) is 123 Å². The molecule has 1 heterocycles. The van der Waals surface area contributed by atoms with Crippen LogP contribution in [0.25, 0.3) is 0 Å². The molecule has 0 aliphatic carbocycles. The number of hydrogen-bond acceptors (Lipinski definition) is 5. The van der Waals surface area contributed by atoms with Gasteiger partial charge in [0.2, 0.25) is 11.8 Å². The Morgan fingerprint density at radius 3 is 2.55 bits per heavy atom. The molecule has 0 radical (unpaired) electrons. The van der Waals surface area contributed by atoms with Crippen molar-refractivity contribution in [3.8, 4) is 0 Å². The number of anilines is 1. The second kappa shape index (κ2) is 10.5. The van der Waals surface area contributed by atoms with E-state index in [1.54, 1.807) is 30.5 Å². The van der Waals surface area contributed by atoms with Gasteiger partial charge in [0, 0.05) is 19.2 Å². The lowest BCUT2D eigenvalue weighted by Gasteiger charge is -2.23. The number of nitrogens with two attached hydrogens (primary N) is 2. The summed E-state index contributed by atoms with van der Waals surface area (Å²) in [4.78, 5) is 29.3. The first-order valence-corrected chi connectivity index (χ1v) is 9.58. The smallest absolute Gasteiger partial charge is 0.243 e. The van der Waals surface area contributed by atoms with Crippen molar-refractivity contribution < 1.29 is 14.0 Å². The maximum Gasteiger partial charge on any atom is 0.243 e. The van der Waals surface area contributed by atoms with Crippen molar-refractivity contribution in [2.24, 2.45) is 11.7 Å². The number of nitrogen functional groups attached to an aromatic ring is 1. The van der Waals surface area contributed by atoms with Crippen LogP contribution in [0.1, 0.15) is 31.4 Å². The number of nitrogens with one attached hydrogen (secondary N) is 2. The number of amides is 2. The molecule has 8 heteroatoms. The van der Waals surface area contributed by atoms with Crippen LogP contribution in [-0.4, -0.2) is 28.9 Å². The zero-order valence-corrected chi connectivity index (χ0v) is 16.7. The third-order valence-electron chi connectivity index (χ3n) is 4.84. The average molecular weight is 401 g/mol. The molecule has 6 N–H and O–H groups in total. The maximum atomic E-state index is 13.5. The Kier molecular flexibility index (Phi) is 8.09. The molecular weight excluding hydrogens is 373 g/mol. The largest absolute Gasteiger partial charge is 0.384 e. The Morgan fingerprint density at radius 1 is 1.17 bits per heavy atom. The van der Waals surface area contributed by atoms with Crippen LogP contribution < -0.4 is 22.1 Å².